The van der Waals surface area contributed by atoms with Gasteiger partial charge < -0.3 is 9.47 Å². The van der Waals surface area contributed by atoms with E-state index in [9.17, 15) is 8.42 Å². The van der Waals surface area contributed by atoms with Crippen LogP contribution in [0, 0.1) is 0 Å². The van der Waals surface area contributed by atoms with Crippen molar-refractivity contribution in [2.45, 2.75) is 11.5 Å². The first-order valence-electron chi connectivity index (χ1n) is 8.84. The van der Waals surface area contributed by atoms with E-state index >= 15 is 0 Å². The SMILES string of the molecule is COc1cc(/C=N\NS(=O)(=O)c2ccc(Cl)cc2)cc(Br)c1OCc1ccc(Cl)cc1. The minimum atomic E-state index is -3.81. The lowest BCUT2D eigenvalue weighted by atomic mass is 10.2. The monoisotopic (exact) mass is 542 g/mol. The average Bonchev–Trinajstić information content (AvgIpc) is 2.74. The van der Waals surface area contributed by atoms with Gasteiger partial charge in [0.2, 0.25) is 0 Å². The molecule has 0 bridgehead atoms. The molecule has 3 aromatic carbocycles. The van der Waals surface area contributed by atoms with Gasteiger partial charge in [-0.1, -0.05) is 35.3 Å². The third-order valence-corrected chi connectivity index (χ3v) is 6.39. The molecule has 0 heterocycles. The zero-order chi connectivity index (χ0) is 22.4. The first kappa shape index (κ1) is 23.4. The van der Waals surface area contributed by atoms with E-state index in [1.165, 1.54) is 37.6 Å². The Balaban J connectivity index is 1.72. The summed E-state index contributed by atoms with van der Waals surface area (Å²) in [7, 11) is -2.29. The summed E-state index contributed by atoms with van der Waals surface area (Å²) in [4.78, 5) is 2.22. The van der Waals surface area contributed by atoms with E-state index in [0.29, 0.717) is 38.2 Å². The maximum absolute atomic E-state index is 12.3. The van der Waals surface area contributed by atoms with Crippen LogP contribution in [0.25, 0.3) is 0 Å². The molecule has 10 heteroatoms. The quantitative estimate of drug-likeness (QED) is 0.294. The van der Waals surface area contributed by atoms with E-state index in [0.717, 1.165) is 5.56 Å². The Kier molecular flexibility index (Phi) is 7.83. The molecule has 0 fully saturated rings. The van der Waals surface area contributed by atoms with Crippen molar-refractivity contribution >= 4 is 55.4 Å². The molecule has 0 aliphatic carbocycles. The molecule has 0 aliphatic heterocycles. The normalized spacial score (nSPS) is 11.5. The molecule has 3 aromatic rings. The maximum Gasteiger partial charge on any atom is 0.276 e. The molecular formula is C21H17BrCl2N2O4S. The number of hydrogen-bond donors (Lipinski definition) is 1. The number of nitrogens with one attached hydrogen (secondary N) is 1. The molecule has 0 unspecified atom stereocenters. The van der Waals surface area contributed by atoms with Crippen molar-refractivity contribution in [3.8, 4) is 11.5 Å². The molecule has 3 rings (SSSR count). The fourth-order valence-corrected chi connectivity index (χ4v) is 4.14. The second kappa shape index (κ2) is 10.4. The molecule has 0 aliphatic rings. The molecule has 0 saturated carbocycles. The number of halogens is 3. The lowest BCUT2D eigenvalue weighted by molar-refractivity contribution is 0.282. The van der Waals surface area contributed by atoms with Crippen molar-refractivity contribution in [1.82, 2.24) is 4.83 Å². The highest BCUT2D eigenvalue weighted by Gasteiger charge is 2.14. The van der Waals surface area contributed by atoms with Crippen molar-refractivity contribution in [2.24, 2.45) is 5.10 Å². The van der Waals surface area contributed by atoms with Gasteiger partial charge in [-0.05, 0) is 75.6 Å². The van der Waals surface area contributed by atoms with E-state index in [-0.39, 0.29) is 4.90 Å². The Morgan fingerprint density at radius 3 is 2.26 bits per heavy atom. The molecule has 162 valence electrons. The summed E-state index contributed by atoms with van der Waals surface area (Å²) in [5.41, 5.74) is 1.54. The number of ether oxygens (including phenoxy) is 2. The van der Waals surface area contributed by atoms with E-state index in [1.54, 1.807) is 24.3 Å². The zero-order valence-corrected chi connectivity index (χ0v) is 20.1. The van der Waals surface area contributed by atoms with Crippen LogP contribution in [0.2, 0.25) is 10.0 Å². The van der Waals surface area contributed by atoms with Crippen LogP contribution in [0.3, 0.4) is 0 Å². The third kappa shape index (κ3) is 6.36. The molecule has 1 N–H and O–H groups in total. The van der Waals surface area contributed by atoms with Gasteiger partial charge in [-0.15, -0.1) is 0 Å². The standard InChI is InChI=1S/C21H17BrCl2N2O4S/c1-29-20-11-15(12-25-26-31(27,28)18-8-6-17(24)7-9-18)10-19(22)21(20)30-13-14-2-4-16(23)5-3-14/h2-12,26H,13H2,1H3/b25-12-. The molecule has 0 amide bonds. The van der Waals surface area contributed by atoms with Gasteiger partial charge in [0.05, 0.1) is 22.7 Å². The van der Waals surface area contributed by atoms with Crippen LogP contribution < -0.4 is 14.3 Å². The summed E-state index contributed by atoms with van der Waals surface area (Å²) < 4.78 is 36.5. The Labute approximate surface area is 199 Å². The number of rotatable bonds is 8. The molecule has 0 aromatic heterocycles. The lowest BCUT2D eigenvalue weighted by Crippen LogP contribution is -2.18. The first-order chi connectivity index (χ1) is 14.8. The smallest absolute Gasteiger partial charge is 0.276 e. The number of hydrazone groups is 1. The zero-order valence-electron chi connectivity index (χ0n) is 16.2. The van der Waals surface area contributed by atoms with Gasteiger partial charge in [-0.3, -0.25) is 0 Å². The summed E-state index contributed by atoms with van der Waals surface area (Å²) >= 11 is 15.2. The Morgan fingerprint density at radius 2 is 1.65 bits per heavy atom. The molecule has 0 atom stereocenters. The van der Waals surface area contributed by atoms with Gasteiger partial charge >= 0.3 is 0 Å². The first-order valence-corrected chi connectivity index (χ1v) is 11.9. The minimum absolute atomic E-state index is 0.0544. The van der Waals surface area contributed by atoms with E-state index in [1.807, 2.05) is 12.1 Å². The van der Waals surface area contributed by atoms with E-state index < -0.39 is 10.0 Å². The minimum Gasteiger partial charge on any atom is -0.493 e. The third-order valence-electron chi connectivity index (χ3n) is 4.06. The summed E-state index contributed by atoms with van der Waals surface area (Å²) in [5.74, 6) is 0.974. The predicted molar refractivity (Wildman–Crippen MR) is 126 cm³/mol. The topological polar surface area (TPSA) is 77.0 Å². The molecule has 0 spiro atoms. The van der Waals surface area contributed by atoms with Crippen molar-refractivity contribution in [2.75, 3.05) is 7.11 Å². The van der Waals surface area contributed by atoms with E-state index in [4.69, 9.17) is 32.7 Å². The summed E-state index contributed by atoms with van der Waals surface area (Å²) in [6.07, 6.45) is 1.36. The predicted octanol–water partition coefficient (Wildman–Crippen LogP) is 5.66. The van der Waals surface area contributed by atoms with Gasteiger partial charge in [0, 0.05) is 10.0 Å². The summed E-state index contributed by atoms with van der Waals surface area (Å²) in [5, 5.41) is 4.93. The Morgan fingerprint density at radius 1 is 1.03 bits per heavy atom. The van der Waals surface area contributed by atoms with Crippen molar-refractivity contribution in [3.05, 3.63) is 86.3 Å². The number of methoxy groups -OCH3 is 1. The molecule has 0 saturated heterocycles. The van der Waals surface area contributed by atoms with Crippen LogP contribution in [0.5, 0.6) is 11.5 Å². The molecular weight excluding hydrogens is 527 g/mol. The number of hydrogen-bond acceptors (Lipinski definition) is 5. The maximum atomic E-state index is 12.3. The van der Waals surface area contributed by atoms with Crippen LogP contribution in [-0.2, 0) is 16.6 Å². The largest absolute Gasteiger partial charge is 0.493 e. The summed E-state index contributed by atoms with van der Waals surface area (Å²) in [6.45, 7) is 0.320. The van der Waals surface area contributed by atoms with Gasteiger partial charge in [0.15, 0.2) is 11.5 Å². The lowest BCUT2D eigenvalue weighted by Gasteiger charge is -2.13. The van der Waals surface area contributed by atoms with Crippen molar-refractivity contribution in [1.29, 1.82) is 0 Å². The van der Waals surface area contributed by atoms with Crippen LogP contribution in [0.4, 0.5) is 0 Å². The van der Waals surface area contributed by atoms with Gasteiger partial charge in [0.25, 0.3) is 10.0 Å². The second-order valence-electron chi connectivity index (χ2n) is 6.26. The van der Waals surface area contributed by atoms with Gasteiger partial charge in [-0.25, -0.2) is 4.83 Å². The van der Waals surface area contributed by atoms with Gasteiger partial charge in [0.1, 0.15) is 6.61 Å². The Hall–Kier alpha value is -2.26. The number of sulfonamides is 1. The van der Waals surface area contributed by atoms with Crippen LogP contribution in [-0.4, -0.2) is 21.7 Å². The van der Waals surface area contributed by atoms with Crippen LogP contribution >= 0.6 is 39.1 Å². The highest BCUT2D eigenvalue weighted by atomic mass is 79.9. The highest BCUT2D eigenvalue weighted by molar-refractivity contribution is 9.10. The Bertz CT molecular complexity index is 1190. The fourth-order valence-electron chi connectivity index (χ4n) is 2.53. The van der Waals surface area contributed by atoms with E-state index in [2.05, 4.69) is 25.9 Å². The van der Waals surface area contributed by atoms with Crippen LogP contribution in [0.15, 0.2) is 75.1 Å². The fraction of sp³-hybridized carbons (Fsp3) is 0.0952. The van der Waals surface area contributed by atoms with Gasteiger partial charge in [-0.2, -0.15) is 13.5 Å². The molecule has 31 heavy (non-hydrogen) atoms. The summed E-state index contributed by atoms with van der Waals surface area (Å²) in [6, 6.07) is 16.5. The van der Waals surface area contributed by atoms with Crippen LogP contribution in [0.1, 0.15) is 11.1 Å². The van der Waals surface area contributed by atoms with Crippen molar-refractivity contribution < 1.29 is 17.9 Å². The van der Waals surface area contributed by atoms with Crippen molar-refractivity contribution in [3.63, 3.8) is 0 Å². The second-order valence-corrected chi connectivity index (χ2v) is 9.64. The highest BCUT2D eigenvalue weighted by Crippen LogP contribution is 2.37. The number of benzene rings is 3. The average molecular weight is 544 g/mol. The molecule has 0 radical (unpaired) electrons. The number of nitrogens with zero attached hydrogens (tertiary/aromatic N) is 1. The molecule has 6 nitrogen and oxygen atoms in total.